The third kappa shape index (κ3) is 8.64. The van der Waals surface area contributed by atoms with E-state index in [0.717, 1.165) is 90.6 Å². The summed E-state index contributed by atoms with van der Waals surface area (Å²) >= 11 is 0. The Balaban J connectivity index is 0.763. The number of aryl methyl sites for hydroxylation is 1. The van der Waals surface area contributed by atoms with Crippen molar-refractivity contribution in [3.8, 4) is 11.3 Å². The number of nitrogens with one attached hydrogen (secondary N) is 3. The van der Waals surface area contributed by atoms with Crippen molar-refractivity contribution >= 4 is 47.0 Å². The van der Waals surface area contributed by atoms with Crippen LogP contribution < -0.4 is 20.9 Å². The Hall–Kier alpha value is -6.19. The molecule has 3 aromatic carbocycles. The van der Waals surface area contributed by atoms with Crippen molar-refractivity contribution in [2.45, 2.75) is 84.2 Å². The van der Waals surface area contributed by atoms with Crippen molar-refractivity contribution in [2.24, 2.45) is 5.92 Å². The second-order valence-electron chi connectivity index (χ2n) is 17.5. The summed E-state index contributed by atoms with van der Waals surface area (Å²) < 4.78 is 5.77. The molecule has 3 saturated heterocycles. The number of carbonyl (C=O) groups is 5. The van der Waals surface area contributed by atoms with E-state index in [4.69, 9.17) is 9.72 Å². The molecule has 15 heteroatoms. The highest BCUT2D eigenvalue weighted by molar-refractivity contribution is 6.23. The molecule has 0 spiro atoms. The number of benzene rings is 3. The maximum atomic E-state index is 13.4. The van der Waals surface area contributed by atoms with Gasteiger partial charge in [-0.1, -0.05) is 18.2 Å². The second kappa shape index (κ2) is 17.3. The highest BCUT2D eigenvalue weighted by Crippen LogP contribution is 2.33. The quantitative estimate of drug-likeness (QED) is 0.170. The first-order valence-corrected chi connectivity index (χ1v) is 21.8. The molecule has 0 saturated carbocycles. The van der Waals surface area contributed by atoms with Gasteiger partial charge in [0.2, 0.25) is 17.8 Å². The van der Waals surface area contributed by atoms with Gasteiger partial charge in [-0.15, -0.1) is 0 Å². The van der Waals surface area contributed by atoms with Gasteiger partial charge in [0.05, 0.1) is 42.1 Å². The van der Waals surface area contributed by atoms with E-state index < -0.39 is 23.8 Å². The molecule has 1 unspecified atom stereocenters. The third-order valence-electron chi connectivity index (χ3n) is 12.8. The zero-order chi connectivity index (χ0) is 43.1. The zero-order valence-electron chi connectivity index (χ0n) is 35.5. The molecule has 0 radical (unpaired) electrons. The fourth-order valence-electron chi connectivity index (χ4n) is 9.36. The minimum absolute atomic E-state index is 0.0745. The van der Waals surface area contributed by atoms with Crippen molar-refractivity contribution in [1.82, 2.24) is 35.3 Å². The van der Waals surface area contributed by atoms with Crippen LogP contribution in [0.2, 0.25) is 0 Å². The first kappa shape index (κ1) is 41.2. The summed E-state index contributed by atoms with van der Waals surface area (Å²) in [6, 6.07) is 18.9. The lowest BCUT2D eigenvalue weighted by molar-refractivity contribution is -0.136. The fourth-order valence-corrected chi connectivity index (χ4v) is 9.36. The highest BCUT2D eigenvalue weighted by atomic mass is 16.5. The summed E-state index contributed by atoms with van der Waals surface area (Å²) in [7, 11) is 0. The van der Waals surface area contributed by atoms with Gasteiger partial charge >= 0.3 is 6.03 Å². The van der Waals surface area contributed by atoms with Crippen LogP contribution in [-0.4, -0.2) is 112 Å². The molecule has 3 N–H and O–H groups in total. The minimum atomic E-state index is -0.973. The number of carbonyl (C=O) groups excluding carboxylic acids is 5. The number of urea groups is 1. The molecule has 0 aliphatic carbocycles. The summed E-state index contributed by atoms with van der Waals surface area (Å²) in [5.74, 6) is -0.901. The lowest BCUT2D eigenvalue weighted by Gasteiger charge is -2.39. The van der Waals surface area contributed by atoms with Crippen molar-refractivity contribution in [2.75, 3.05) is 49.5 Å². The number of hydrogen-bond donors (Lipinski definition) is 3. The lowest BCUT2D eigenvalue weighted by Crippen LogP contribution is -2.58. The third-order valence-corrected chi connectivity index (χ3v) is 12.8. The molecule has 15 nitrogen and oxygen atoms in total. The Morgan fingerprint density at radius 1 is 0.887 bits per heavy atom. The predicted molar refractivity (Wildman–Crippen MR) is 233 cm³/mol. The standard InChI is InChI=1S/C47H53N9O6/c1-28(2)62-37-26-55(27-37)47(61)49-23-33-5-4-32(20-29(33)3)40-12-16-48-46(51-40)50-35-7-6-31-15-17-53(25-34(31)21-35)24-30-13-18-54(19-14-30)36-8-9-38-39(22-36)45(60)56(44(38)59)41-10-11-42(57)52-43(41)58/h4-9,12,16,20-22,28,30,37,41H,10-11,13-15,17-19,23-27H2,1-3H3,(H,49,61)(H,48,50,51)(H,52,57,58). The number of likely N-dealkylation sites (tertiary alicyclic amines) is 1. The highest BCUT2D eigenvalue weighted by Gasteiger charge is 2.45. The van der Waals surface area contributed by atoms with Gasteiger partial charge in [0, 0.05) is 68.8 Å². The average Bonchev–Trinajstić information content (AvgIpc) is 3.49. The number of imide groups is 2. The average molecular weight is 840 g/mol. The van der Waals surface area contributed by atoms with E-state index in [0.29, 0.717) is 42.6 Å². The number of anilines is 3. The summed E-state index contributed by atoms with van der Waals surface area (Å²) in [4.78, 5) is 80.4. The van der Waals surface area contributed by atoms with E-state index in [9.17, 15) is 24.0 Å². The summed E-state index contributed by atoms with van der Waals surface area (Å²) in [6.07, 6.45) is 5.28. The van der Waals surface area contributed by atoms with Crippen molar-refractivity contribution < 1.29 is 28.7 Å². The van der Waals surface area contributed by atoms with Gasteiger partial charge in [-0.2, -0.15) is 0 Å². The van der Waals surface area contributed by atoms with E-state index >= 15 is 0 Å². The minimum Gasteiger partial charge on any atom is -0.372 e. The number of piperidine rings is 2. The maximum absolute atomic E-state index is 13.4. The van der Waals surface area contributed by atoms with E-state index in [1.165, 1.54) is 11.1 Å². The fraction of sp³-hybridized carbons (Fsp3) is 0.426. The summed E-state index contributed by atoms with van der Waals surface area (Å²) in [5, 5.41) is 8.73. The van der Waals surface area contributed by atoms with Crippen molar-refractivity contribution in [1.29, 1.82) is 0 Å². The Labute approximate surface area is 361 Å². The van der Waals surface area contributed by atoms with Crippen molar-refractivity contribution in [3.63, 3.8) is 0 Å². The van der Waals surface area contributed by atoms with Gasteiger partial charge in [-0.05, 0) is 117 Å². The van der Waals surface area contributed by atoms with E-state index in [2.05, 4.69) is 55.0 Å². The van der Waals surface area contributed by atoms with Crippen LogP contribution >= 0.6 is 0 Å². The molecule has 1 aromatic heterocycles. The molecule has 62 heavy (non-hydrogen) atoms. The first-order valence-electron chi connectivity index (χ1n) is 21.8. The summed E-state index contributed by atoms with van der Waals surface area (Å²) in [6.45, 7) is 12.3. The van der Waals surface area contributed by atoms with Crippen LogP contribution in [0.1, 0.15) is 82.5 Å². The molecule has 322 valence electrons. The van der Waals surface area contributed by atoms with Gasteiger partial charge in [-0.25, -0.2) is 14.8 Å². The molecule has 3 fully saturated rings. The number of amides is 6. The molecule has 0 bridgehead atoms. The lowest BCUT2D eigenvalue weighted by atomic mass is 9.93. The maximum Gasteiger partial charge on any atom is 0.317 e. The molecular formula is C47H53N9O6. The van der Waals surface area contributed by atoms with Crippen LogP contribution in [0.25, 0.3) is 11.3 Å². The molecule has 4 aromatic rings. The monoisotopic (exact) mass is 839 g/mol. The number of fused-ring (bicyclic) bond motifs is 2. The van der Waals surface area contributed by atoms with Crippen LogP contribution in [-0.2, 0) is 33.8 Å². The zero-order valence-corrected chi connectivity index (χ0v) is 35.5. The largest absolute Gasteiger partial charge is 0.372 e. The van der Waals surface area contributed by atoms with Crippen LogP contribution in [0.15, 0.2) is 66.9 Å². The van der Waals surface area contributed by atoms with Gasteiger partial charge in [0.1, 0.15) is 6.04 Å². The predicted octanol–water partition coefficient (Wildman–Crippen LogP) is 5.19. The number of nitrogens with zero attached hydrogens (tertiary/aromatic N) is 6. The molecule has 6 amide bonds. The van der Waals surface area contributed by atoms with E-state index in [1.807, 2.05) is 45.0 Å². The Morgan fingerprint density at radius 3 is 2.47 bits per heavy atom. The Bertz CT molecular complexity index is 2420. The molecule has 6 heterocycles. The second-order valence-corrected chi connectivity index (χ2v) is 17.5. The molecule has 9 rings (SSSR count). The summed E-state index contributed by atoms with van der Waals surface area (Å²) in [5.41, 5.74) is 9.02. The molecule has 5 aliphatic heterocycles. The van der Waals surface area contributed by atoms with Gasteiger partial charge in [-0.3, -0.25) is 34.3 Å². The van der Waals surface area contributed by atoms with Gasteiger partial charge in [0.15, 0.2) is 0 Å². The smallest absolute Gasteiger partial charge is 0.317 e. The Kier molecular flexibility index (Phi) is 11.5. The van der Waals surface area contributed by atoms with E-state index in [-0.39, 0.29) is 37.0 Å². The number of aromatic nitrogens is 2. The Morgan fingerprint density at radius 2 is 1.69 bits per heavy atom. The van der Waals surface area contributed by atoms with Gasteiger partial charge < -0.3 is 25.2 Å². The first-order chi connectivity index (χ1) is 29.9. The topological polar surface area (TPSA) is 169 Å². The molecule has 1 atom stereocenters. The van der Waals surface area contributed by atoms with Crippen LogP contribution in [0.3, 0.4) is 0 Å². The SMILES string of the molecule is Cc1cc(-c2ccnc(Nc3ccc4c(c3)CN(CC3CCN(c5ccc6c(c5)C(=O)N(C5CCC(=O)NC5=O)C6=O)CC3)CC4)n2)ccc1CNC(=O)N1CC(OC(C)C)C1. The number of ether oxygens (including phenoxy) is 1. The van der Waals surface area contributed by atoms with Crippen LogP contribution in [0.5, 0.6) is 0 Å². The molecule has 5 aliphatic rings. The number of hydrogen-bond acceptors (Lipinski definition) is 11. The van der Waals surface area contributed by atoms with E-state index in [1.54, 1.807) is 23.2 Å². The van der Waals surface area contributed by atoms with Crippen LogP contribution in [0, 0.1) is 12.8 Å². The van der Waals surface area contributed by atoms with Crippen molar-refractivity contribution in [3.05, 3.63) is 100 Å². The normalized spacial score (nSPS) is 19.7. The molecular weight excluding hydrogens is 787 g/mol. The van der Waals surface area contributed by atoms with Crippen LogP contribution in [0.4, 0.5) is 22.1 Å². The van der Waals surface area contributed by atoms with Gasteiger partial charge in [0.25, 0.3) is 11.8 Å². The number of rotatable bonds is 11.